The van der Waals surface area contributed by atoms with Crippen molar-refractivity contribution in [2.45, 2.75) is 38.1 Å². The molecule has 0 spiro atoms. The number of rotatable bonds is 7. The fraction of sp³-hybridized carbons (Fsp3) is 0.324. The number of hydrogen-bond acceptors (Lipinski definition) is 5. The van der Waals surface area contributed by atoms with Gasteiger partial charge < -0.3 is 24.8 Å². The number of carboxylic acid groups (broad SMARTS) is 1. The Hall–Kier alpha value is -4.59. The topological polar surface area (TPSA) is 105 Å². The van der Waals surface area contributed by atoms with E-state index in [1.807, 2.05) is 47.4 Å². The molecule has 0 radical (unpaired) electrons. The molecule has 3 aliphatic rings. The van der Waals surface area contributed by atoms with Gasteiger partial charge in [0.1, 0.15) is 0 Å². The van der Waals surface area contributed by atoms with Crippen molar-refractivity contribution in [1.82, 2.24) is 10.2 Å². The van der Waals surface area contributed by atoms with Crippen LogP contribution in [0.3, 0.4) is 0 Å². The van der Waals surface area contributed by atoms with Crippen LogP contribution in [0.15, 0.2) is 72.8 Å². The van der Waals surface area contributed by atoms with Crippen LogP contribution in [0.2, 0.25) is 0 Å². The monoisotopic (exact) mass is 566 g/mol. The summed E-state index contributed by atoms with van der Waals surface area (Å²) in [6.45, 7) is 1.34. The molecule has 0 aromatic heterocycles. The van der Waals surface area contributed by atoms with Crippen LogP contribution in [0.4, 0.5) is 0 Å². The second-order valence-electron chi connectivity index (χ2n) is 11.2. The van der Waals surface area contributed by atoms with Crippen LogP contribution < -0.4 is 14.8 Å². The van der Waals surface area contributed by atoms with Gasteiger partial charge in [0.25, 0.3) is 5.91 Å². The van der Waals surface area contributed by atoms with E-state index >= 15 is 0 Å². The van der Waals surface area contributed by atoms with Gasteiger partial charge in [0.05, 0.1) is 12.0 Å². The zero-order valence-corrected chi connectivity index (χ0v) is 23.3. The molecule has 2 amide bonds. The lowest BCUT2D eigenvalue weighted by molar-refractivity contribution is -0.143. The maximum Gasteiger partial charge on any atom is 0.306 e. The van der Waals surface area contributed by atoms with E-state index in [-0.39, 0.29) is 30.6 Å². The zero-order valence-electron chi connectivity index (χ0n) is 23.3. The molecule has 2 aliphatic heterocycles. The lowest BCUT2D eigenvalue weighted by Crippen LogP contribution is -2.39. The first kappa shape index (κ1) is 27.6. The fourth-order valence-electron chi connectivity index (χ4n) is 6.21. The third-order valence-electron chi connectivity index (χ3n) is 8.62. The first-order valence-corrected chi connectivity index (χ1v) is 14.5. The zero-order chi connectivity index (χ0) is 29.1. The molecular formula is C34H34N2O6. The van der Waals surface area contributed by atoms with Crippen molar-refractivity contribution in [3.63, 3.8) is 0 Å². The van der Waals surface area contributed by atoms with Crippen LogP contribution in [0.5, 0.6) is 11.5 Å². The quantitative estimate of drug-likeness (QED) is 0.380. The summed E-state index contributed by atoms with van der Waals surface area (Å²) in [4.78, 5) is 39.3. The van der Waals surface area contributed by atoms with E-state index in [2.05, 4.69) is 17.4 Å². The Morgan fingerprint density at radius 2 is 1.69 bits per heavy atom. The van der Waals surface area contributed by atoms with E-state index in [1.165, 1.54) is 5.56 Å². The molecule has 2 heterocycles. The van der Waals surface area contributed by atoms with Gasteiger partial charge in [0.2, 0.25) is 12.7 Å². The number of benzene rings is 3. The molecule has 8 nitrogen and oxygen atoms in total. The second-order valence-corrected chi connectivity index (χ2v) is 11.2. The number of nitrogens with zero attached hydrogens (tertiary/aromatic N) is 1. The maximum atomic E-state index is 13.6. The molecule has 8 heteroatoms. The molecule has 1 fully saturated rings. The Kier molecular flexibility index (Phi) is 7.95. The highest BCUT2D eigenvalue weighted by atomic mass is 16.7. The van der Waals surface area contributed by atoms with Gasteiger partial charge in [-0.15, -0.1) is 0 Å². The minimum absolute atomic E-state index is 0.0911. The number of carboxylic acids is 1. The number of aliphatic carboxylic acids is 1. The molecule has 3 aromatic carbocycles. The summed E-state index contributed by atoms with van der Waals surface area (Å²) in [5.74, 6) is 0.478. The number of hydrogen-bond donors (Lipinski definition) is 2. The highest BCUT2D eigenvalue weighted by molar-refractivity contribution is 5.95. The molecule has 0 saturated heterocycles. The lowest BCUT2D eigenvalue weighted by Gasteiger charge is -2.37. The van der Waals surface area contributed by atoms with Crippen LogP contribution >= 0.6 is 0 Å². The van der Waals surface area contributed by atoms with Gasteiger partial charge in [0, 0.05) is 24.7 Å². The molecule has 3 aromatic rings. The van der Waals surface area contributed by atoms with Gasteiger partial charge in [-0.3, -0.25) is 14.4 Å². The van der Waals surface area contributed by atoms with Crippen LogP contribution in [-0.4, -0.2) is 47.7 Å². The number of ether oxygens (including phenoxy) is 2. The van der Waals surface area contributed by atoms with Crippen molar-refractivity contribution in [3.05, 3.63) is 101 Å². The van der Waals surface area contributed by atoms with Gasteiger partial charge in [-0.25, -0.2) is 0 Å². The Labute approximate surface area is 244 Å². The summed E-state index contributed by atoms with van der Waals surface area (Å²) in [5, 5.41) is 12.2. The molecule has 1 atom stereocenters. The second kappa shape index (κ2) is 12.1. The van der Waals surface area contributed by atoms with Crippen LogP contribution in [-0.2, 0) is 16.0 Å². The Balaban J connectivity index is 1.10. The maximum absolute atomic E-state index is 13.6. The number of fused-ring (bicyclic) bond motifs is 2. The van der Waals surface area contributed by atoms with E-state index in [0.717, 1.165) is 36.0 Å². The van der Waals surface area contributed by atoms with Gasteiger partial charge >= 0.3 is 5.97 Å². The van der Waals surface area contributed by atoms with Gasteiger partial charge in [-0.2, -0.15) is 0 Å². The van der Waals surface area contributed by atoms with E-state index < -0.39 is 5.97 Å². The molecule has 1 unspecified atom stereocenters. The first-order valence-electron chi connectivity index (χ1n) is 14.5. The Bertz CT molecular complexity index is 1510. The van der Waals surface area contributed by atoms with E-state index in [1.54, 1.807) is 24.3 Å². The summed E-state index contributed by atoms with van der Waals surface area (Å²) in [5.41, 5.74) is 4.68. The largest absolute Gasteiger partial charge is 0.481 e. The third-order valence-corrected chi connectivity index (χ3v) is 8.62. The highest BCUT2D eigenvalue weighted by Gasteiger charge is 2.32. The molecule has 42 heavy (non-hydrogen) atoms. The predicted molar refractivity (Wildman–Crippen MR) is 157 cm³/mol. The van der Waals surface area contributed by atoms with Crippen molar-refractivity contribution < 1.29 is 29.0 Å². The number of carbonyl (C=O) groups is 3. The number of amides is 2. The van der Waals surface area contributed by atoms with Crippen LogP contribution in [0, 0.1) is 11.8 Å². The molecule has 1 saturated carbocycles. The third kappa shape index (κ3) is 5.88. The fourth-order valence-corrected chi connectivity index (χ4v) is 6.21. The van der Waals surface area contributed by atoms with Gasteiger partial charge in [-0.1, -0.05) is 42.5 Å². The van der Waals surface area contributed by atoms with Crippen molar-refractivity contribution in [3.8, 4) is 11.5 Å². The standard InChI is InChI=1S/C34H34N2O6/c37-31(16-9-22-5-10-25(11-6-22)33(38)35-20-23-7-12-26(13-8-23)34(39)40)36-18-17-24-3-1-2-4-28(24)32(36)27-14-15-29-30(19-27)42-21-41-29/h1-6,9-11,14-16,19,23,26,32H,7-8,12-13,17-18,20-21H2,(H,35,38)(H,39,40)/b16-9+. The van der Waals surface area contributed by atoms with Crippen LogP contribution in [0.25, 0.3) is 6.08 Å². The smallest absolute Gasteiger partial charge is 0.306 e. The first-order chi connectivity index (χ1) is 20.5. The molecule has 1 aliphatic carbocycles. The Morgan fingerprint density at radius 1 is 0.929 bits per heavy atom. The molecule has 216 valence electrons. The summed E-state index contributed by atoms with van der Waals surface area (Å²) in [6.07, 6.45) is 7.11. The van der Waals surface area contributed by atoms with Gasteiger partial charge in [0.15, 0.2) is 11.5 Å². The molecule has 6 rings (SSSR count). The van der Waals surface area contributed by atoms with Crippen molar-refractivity contribution in [2.75, 3.05) is 19.9 Å². The minimum Gasteiger partial charge on any atom is -0.481 e. The normalized spacial score (nSPS) is 21.1. The summed E-state index contributed by atoms with van der Waals surface area (Å²) in [6, 6.07) is 21.0. The molecule has 0 bridgehead atoms. The van der Waals surface area contributed by atoms with Crippen molar-refractivity contribution in [1.29, 1.82) is 0 Å². The molecule has 2 N–H and O–H groups in total. The van der Waals surface area contributed by atoms with Gasteiger partial charge in [-0.05, 0) is 90.6 Å². The van der Waals surface area contributed by atoms with Crippen molar-refractivity contribution in [2.24, 2.45) is 11.8 Å². The van der Waals surface area contributed by atoms with E-state index in [4.69, 9.17) is 14.6 Å². The van der Waals surface area contributed by atoms with Crippen molar-refractivity contribution >= 4 is 23.9 Å². The lowest BCUT2D eigenvalue weighted by atomic mass is 9.82. The average Bonchev–Trinajstić information content (AvgIpc) is 3.50. The number of carbonyl (C=O) groups excluding carboxylic acids is 2. The predicted octanol–water partition coefficient (Wildman–Crippen LogP) is 5.22. The SMILES string of the molecule is O=C(NCC1CCC(C(=O)O)CC1)c1ccc(/C=C/C(=O)N2CCc3ccccc3C2c2ccc3c(c2)OCO3)cc1. The highest BCUT2D eigenvalue weighted by Crippen LogP contribution is 2.40. The molecular weight excluding hydrogens is 532 g/mol. The van der Waals surface area contributed by atoms with Crippen LogP contribution in [0.1, 0.15) is 64.3 Å². The number of nitrogens with one attached hydrogen (secondary N) is 1. The summed E-state index contributed by atoms with van der Waals surface area (Å²) >= 11 is 0. The van der Waals surface area contributed by atoms with E-state index in [0.29, 0.717) is 48.9 Å². The summed E-state index contributed by atoms with van der Waals surface area (Å²) < 4.78 is 11.1. The average molecular weight is 567 g/mol. The minimum atomic E-state index is -0.723. The van der Waals surface area contributed by atoms with E-state index in [9.17, 15) is 14.4 Å². The Morgan fingerprint density at radius 3 is 2.48 bits per heavy atom. The summed E-state index contributed by atoms with van der Waals surface area (Å²) in [7, 11) is 0.